The molecule has 1 atom stereocenters. The number of benzene rings is 1. The molecule has 0 spiro atoms. The summed E-state index contributed by atoms with van der Waals surface area (Å²) in [6.07, 6.45) is 2.36. The van der Waals surface area contributed by atoms with Crippen LogP contribution in [0.15, 0.2) is 30.5 Å². The standard InChI is InChI=1S/C16H19ClN4O3/c1-11-8-21(13-5-3-2-4-12(13)17)20-14(11)18-15(23)19-16(9-22)6-7-24-10-16/h2-5,8,22H,6-7,9-10H2,1H3,(H2,18,19,20,23). The molecule has 2 amide bonds. The predicted octanol–water partition coefficient (Wildman–Crippen LogP) is 2.11. The number of para-hydroxylation sites is 1. The molecule has 0 bridgehead atoms. The number of amides is 2. The molecule has 1 aromatic carbocycles. The van der Waals surface area contributed by atoms with Gasteiger partial charge in [0.1, 0.15) is 0 Å². The van der Waals surface area contributed by atoms with Crippen LogP contribution >= 0.6 is 11.6 Å². The lowest BCUT2D eigenvalue weighted by Gasteiger charge is -2.26. The Bertz CT molecular complexity index is 741. The lowest BCUT2D eigenvalue weighted by atomic mass is 10.0. The number of carbonyl (C=O) groups excluding carboxylic acids is 1. The maximum absolute atomic E-state index is 12.2. The van der Waals surface area contributed by atoms with Crippen molar-refractivity contribution < 1.29 is 14.6 Å². The van der Waals surface area contributed by atoms with Crippen LogP contribution in [0.2, 0.25) is 5.02 Å². The van der Waals surface area contributed by atoms with Crippen LogP contribution in [0.3, 0.4) is 0 Å². The minimum atomic E-state index is -0.733. The zero-order chi connectivity index (χ0) is 17.2. The Morgan fingerprint density at radius 2 is 2.29 bits per heavy atom. The Labute approximate surface area is 144 Å². The molecular formula is C16H19ClN4O3. The minimum Gasteiger partial charge on any atom is -0.394 e. The Balaban J connectivity index is 1.74. The number of aryl methyl sites for hydroxylation is 1. The molecule has 1 saturated heterocycles. The monoisotopic (exact) mass is 350 g/mol. The van der Waals surface area contributed by atoms with E-state index in [1.54, 1.807) is 16.9 Å². The van der Waals surface area contributed by atoms with Crippen LogP contribution in [0.25, 0.3) is 5.69 Å². The van der Waals surface area contributed by atoms with Gasteiger partial charge in [0, 0.05) is 18.4 Å². The van der Waals surface area contributed by atoms with Gasteiger partial charge < -0.3 is 15.2 Å². The summed E-state index contributed by atoms with van der Waals surface area (Å²) >= 11 is 6.17. The van der Waals surface area contributed by atoms with Crippen molar-refractivity contribution in [3.05, 3.63) is 41.0 Å². The molecule has 8 heteroatoms. The third-order valence-electron chi connectivity index (χ3n) is 4.01. The van der Waals surface area contributed by atoms with Crippen molar-refractivity contribution in [2.45, 2.75) is 18.9 Å². The second-order valence-corrected chi connectivity index (χ2v) is 6.28. The molecule has 2 heterocycles. The van der Waals surface area contributed by atoms with Crippen molar-refractivity contribution in [3.8, 4) is 5.69 Å². The second-order valence-electron chi connectivity index (χ2n) is 5.88. The number of anilines is 1. The number of nitrogens with one attached hydrogen (secondary N) is 2. The number of ether oxygens (including phenoxy) is 1. The number of rotatable bonds is 4. The number of hydrogen-bond donors (Lipinski definition) is 3. The maximum Gasteiger partial charge on any atom is 0.321 e. The highest BCUT2D eigenvalue weighted by molar-refractivity contribution is 6.32. The molecule has 1 fully saturated rings. The molecule has 24 heavy (non-hydrogen) atoms. The average molecular weight is 351 g/mol. The highest BCUT2D eigenvalue weighted by Gasteiger charge is 2.36. The first-order valence-electron chi connectivity index (χ1n) is 7.62. The van der Waals surface area contributed by atoms with E-state index in [4.69, 9.17) is 16.3 Å². The molecule has 1 aromatic heterocycles. The lowest BCUT2D eigenvalue weighted by molar-refractivity contribution is 0.126. The summed E-state index contributed by atoms with van der Waals surface area (Å²) in [5, 5.41) is 19.9. The maximum atomic E-state index is 12.2. The number of nitrogens with zero attached hydrogens (tertiary/aromatic N) is 2. The predicted molar refractivity (Wildman–Crippen MR) is 90.7 cm³/mol. The fourth-order valence-corrected chi connectivity index (χ4v) is 2.82. The van der Waals surface area contributed by atoms with Gasteiger partial charge in [-0.25, -0.2) is 9.48 Å². The van der Waals surface area contributed by atoms with Gasteiger partial charge in [-0.1, -0.05) is 23.7 Å². The lowest BCUT2D eigenvalue weighted by Crippen LogP contribution is -2.53. The normalized spacial score (nSPS) is 20.1. The summed E-state index contributed by atoms with van der Waals surface area (Å²) in [4.78, 5) is 12.2. The van der Waals surface area contributed by atoms with Crippen molar-refractivity contribution in [3.63, 3.8) is 0 Å². The molecule has 1 aliphatic heterocycles. The zero-order valence-corrected chi connectivity index (χ0v) is 14.0. The number of hydrogen-bond acceptors (Lipinski definition) is 4. The highest BCUT2D eigenvalue weighted by atomic mass is 35.5. The third kappa shape index (κ3) is 3.38. The number of carbonyl (C=O) groups is 1. The average Bonchev–Trinajstić information content (AvgIpc) is 3.16. The van der Waals surface area contributed by atoms with E-state index in [9.17, 15) is 9.90 Å². The van der Waals surface area contributed by atoms with Crippen molar-refractivity contribution in [1.29, 1.82) is 0 Å². The van der Waals surface area contributed by atoms with Crippen molar-refractivity contribution >= 4 is 23.4 Å². The zero-order valence-electron chi connectivity index (χ0n) is 13.3. The van der Waals surface area contributed by atoms with Gasteiger partial charge in [-0.2, -0.15) is 0 Å². The Morgan fingerprint density at radius 3 is 2.96 bits per heavy atom. The topological polar surface area (TPSA) is 88.4 Å². The van der Waals surface area contributed by atoms with Crippen molar-refractivity contribution in [1.82, 2.24) is 15.1 Å². The Hall–Kier alpha value is -2.09. The van der Waals surface area contributed by atoms with Gasteiger partial charge in [-0.3, -0.25) is 5.32 Å². The number of aromatic nitrogens is 2. The summed E-state index contributed by atoms with van der Waals surface area (Å²) < 4.78 is 6.88. The summed E-state index contributed by atoms with van der Waals surface area (Å²) in [5.74, 6) is 0.430. The molecule has 0 aliphatic carbocycles. The van der Waals surface area contributed by atoms with Gasteiger partial charge in [0.05, 0.1) is 29.5 Å². The Kier molecular flexibility index (Phi) is 4.75. The smallest absolute Gasteiger partial charge is 0.321 e. The fourth-order valence-electron chi connectivity index (χ4n) is 2.59. The van der Waals surface area contributed by atoms with Gasteiger partial charge >= 0.3 is 6.03 Å². The van der Waals surface area contributed by atoms with E-state index in [0.29, 0.717) is 30.5 Å². The van der Waals surface area contributed by atoms with Crippen LogP contribution < -0.4 is 10.6 Å². The number of aliphatic hydroxyl groups is 1. The summed E-state index contributed by atoms with van der Waals surface area (Å²) in [6, 6.07) is 6.89. The molecule has 1 aliphatic rings. The SMILES string of the molecule is Cc1cn(-c2ccccc2Cl)nc1NC(=O)NC1(CO)CCOC1. The Morgan fingerprint density at radius 1 is 1.50 bits per heavy atom. The van der Waals surface area contributed by atoms with E-state index < -0.39 is 11.6 Å². The molecular weight excluding hydrogens is 332 g/mol. The molecule has 1 unspecified atom stereocenters. The molecule has 2 aromatic rings. The van der Waals surface area contributed by atoms with E-state index in [1.165, 1.54) is 0 Å². The first-order valence-corrected chi connectivity index (χ1v) is 8.00. The van der Waals surface area contributed by atoms with Gasteiger partial charge in [0.15, 0.2) is 5.82 Å². The van der Waals surface area contributed by atoms with E-state index in [-0.39, 0.29) is 6.61 Å². The first kappa shape index (κ1) is 16.8. The van der Waals surface area contributed by atoms with E-state index in [1.807, 2.05) is 25.1 Å². The summed E-state index contributed by atoms with van der Waals surface area (Å²) in [6.45, 7) is 2.48. The van der Waals surface area contributed by atoms with Crippen LogP contribution in [0.4, 0.5) is 10.6 Å². The second kappa shape index (κ2) is 6.80. The molecule has 0 saturated carbocycles. The van der Waals surface area contributed by atoms with Gasteiger partial charge in [-0.05, 0) is 25.5 Å². The van der Waals surface area contributed by atoms with Gasteiger partial charge in [-0.15, -0.1) is 5.10 Å². The summed E-state index contributed by atoms with van der Waals surface area (Å²) in [7, 11) is 0. The van der Waals surface area contributed by atoms with Gasteiger partial charge in [0.25, 0.3) is 0 Å². The molecule has 3 N–H and O–H groups in total. The van der Waals surface area contributed by atoms with Crippen molar-refractivity contribution in [2.75, 3.05) is 25.1 Å². The quantitative estimate of drug-likeness (QED) is 0.788. The number of halogens is 1. The van der Waals surface area contributed by atoms with Crippen LogP contribution in [-0.2, 0) is 4.74 Å². The summed E-state index contributed by atoms with van der Waals surface area (Å²) in [5.41, 5.74) is 0.793. The molecule has 0 radical (unpaired) electrons. The number of aliphatic hydroxyl groups excluding tert-OH is 1. The van der Waals surface area contributed by atoms with Gasteiger partial charge in [0.2, 0.25) is 0 Å². The minimum absolute atomic E-state index is 0.173. The highest BCUT2D eigenvalue weighted by Crippen LogP contribution is 2.23. The fraction of sp³-hybridized carbons (Fsp3) is 0.375. The molecule has 7 nitrogen and oxygen atoms in total. The van der Waals surface area contributed by atoms with Crippen LogP contribution in [0.1, 0.15) is 12.0 Å². The molecule has 3 rings (SSSR count). The van der Waals surface area contributed by atoms with Crippen LogP contribution in [0.5, 0.6) is 0 Å². The van der Waals surface area contributed by atoms with Crippen LogP contribution in [-0.4, -0.2) is 46.3 Å². The molecule has 128 valence electrons. The van der Waals surface area contributed by atoms with Crippen molar-refractivity contribution in [2.24, 2.45) is 0 Å². The van der Waals surface area contributed by atoms with E-state index in [0.717, 1.165) is 11.3 Å². The third-order valence-corrected chi connectivity index (χ3v) is 4.33. The van der Waals surface area contributed by atoms with E-state index >= 15 is 0 Å². The largest absolute Gasteiger partial charge is 0.394 e. The number of urea groups is 1. The van der Waals surface area contributed by atoms with E-state index in [2.05, 4.69) is 15.7 Å². The van der Waals surface area contributed by atoms with Crippen LogP contribution in [0, 0.1) is 6.92 Å². The first-order chi connectivity index (χ1) is 11.5.